The fourth-order valence-corrected chi connectivity index (χ4v) is 2.05. The summed E-state index contributed by atoms with van der Waals surface area (Å²) in [5.41, 5.74) is 0.910. The molecule has 1 saturated carbocycles. The summed E-state index contributed by atoms with van der Waals surface area (Å²) in [4.78, 5) is 11.3. The van der Waals surface area contributed by atoms with Crippen molar-refractivity contribution in [2.45, 2.75) is 38.5 Å². The number of nitrogens with zero attached hydrogens (tertiary/aromatic N) is 1. The minimum Gasteiger partial charge on any atom is -0.416 e. The van der Waals surface area contributed by atoms with Crippen molar-refractivity contribution in [1.29, 1.82) is 0 Å². The number of amides is 1. The Morgan fingerprint density at radius 3 is 2.94 bits per heavy atom. The Balaban J connectivity index is 1.93. The van der Waals surface area contributed by atoms with E-state index in [9.17, 15) is 4.79 Å². The molecule has 1 aromatic heterocycles. The second-order valence-electron chi connectivity index (χ2n) is 4.31. The minimum atomic E-state index is -0.605. The monoisotopic (exact) mass is 236 g/mol. The van der Waals surface area contributed by atoms with Crippen LogP contribution in [0.5, 0.6) is 0 Å². The number of nitrogens with one attached hydrogen (secondary N) is 1. The average Bonchev–Trinajstić information content (AvgIpc) is 2.84. The lowest BCUT2D eigenvalue weighted by atomic mass is 10.0. The number of aromatic nitrogens is 1. The quantitative estimate of drug-likeness (QED) is 0.817. The lowest BCUT2D eigenvalue weighted by Crippen LogP contribution is -2.11. The predicted octanol–water partition coefficient (Wildman–Crippen LogP) is 3.41. The van der Waals surface area contributed by atoms with Gasteiger partial charge in [0.05, 0.1) is 11.5 Å². The van der Waals surface area contributed by atoms with E-state index < -0.39 is 6.09 Å². The van der Waals surface area contributed by atoms with E-state index in [0.29, 0.717) is 17.6 Å². The van der Waals surface area contributed by atoms with Crippen molar-refractivity contribution in [3.05, 3.63) is 24.1 Å². The number of hydrogen-bond acceptors (Lipinski definition) is 4. The number of allylic oxidation sites excluding steroid dienone is 1. The van der Waals surface area contributed by atoms with E-state index in [2.05, 4.69) is 17.1 Å². The van der Waals surface area contributed by atoms with E-state index in [1.807, 2.05) is 0 Å². The van der Waals surface area contributed by atoms with Gasteiger partial charge in [-0.15, -0.1) is 0 Å². The molecule has 1 aliphatic rings. The molecule has 1 N–H and O–H groups in total. The Morgan fingerprint density at radius 1 is 1.59 bits per heavy atom. The first-order chi connectivity index (χ1) is 8.15. The Morgan fingerprint density at radius 2 is 2.29 bits per heavy atom. The molecular formula is C12H16N2O3. The van der Waals surface area contributed by atoms with Crippen molar-refractivity contribution in [3.63, 3.8) is 0 Å². The van der Waals surface area contributed by atoms with Gasteiger partial charge in [-0.25, -0.2) is 4.79 Å². The first-order valence-electron chi connectivity index (χ1n) is 5.76. The van der Waals surface area contributed by atoms with Crippen molar-refractivity contribution in [1.82, 2.24) is 5.16 Å². The second-order valence-corrected chi connectivity index (χ2v) is 4.31. The highest BCUT2D eigenvalue weighted by Crippen LogP contribution is 2.34. The lowest BCUT2D eigenvalue weighted by molar-refractivity contribution is 0.191. The molecule has 5 heteroatoms. The fraction of sp³-hybridized carbons (Fsp3) is 0.500. The summed E-state index contributed by atoms with van der Waals surface area (Å²) in [6.45, 7) is 5.08. The van der Waals surface area contributed by atoms with Gasteiger partial charge in [0, 0.05) is 12.0 Å². The van der Waals surface area contributed by atoms with Crippen LogP contribution in [0.1, 0.15) is 44.2 Å². The van der Waals surface area contributed by atoms with E-state index >= 15 is 0 Å². The molecule has 0 aromatic carbocycles. The Bertz CT molecular complexity index is 419. The summed E-state index contributed by atoms with van der Waals surface area (Å²) < 4.78 is 9.79. The van der Waals surface area contributed by atoms with Crippen LogP contribution in [-0.4, -0.2) is 11.2 Å². The summed E-state index contributed by atoms with van der Waals surface area (Å²) in [6.07, 6.45) is 4.15. The summed E-state index contributed by atoms with van der Waals surface area (Å²) in [5.74, 6) is 1.11. The molecule has 0 unspecified atom stereocenters. The van der Waals surface area contributed by atoms with Crippen molar-refractivity contribution < 1.29 is 14.1 Å². The third-order valence-corrected chi connectivity index (χ3v) is 2.79. The van der Waals surface area contributed by atoms with Gasteiger partial charge in [0.15, 0.2) is 0 Å². The third kappa shape index (κ3) is 3.09. The molecule has 1 heterocycles. The Hall–Kier alpha value is -1.78. The first-order valence-corrected chi connectivity index (χ1v) is 5.76. The van der Waals surface area contributed by atoms with Crippen LogP contribution in [0.4, 0.5) is 10.7 Å². The van der Waals surface area contributed by atoms with E-state index in [-0.39, 0.29) is 0 Å². The van der Waals surface area contributed by atoms with Crippen LogP contribution in [0, 0.1) is 0 Å². The van der Waals surface area contributed by atoms with Gasteiger partial charge >= 0.3 is 6.09 Å². The molecule has 0 saturated heterocycles. The molecule has 0 radical (unpaired) electrons. The topological polar surface area (TPSA) is 64.4 Å². The lowest BCUT2D eigenvalue weighted by Gasteiger charge is -2.02. The first kappa shape index (κ1) is 11.7. The highest BCUT2D eigenvalue weighted by molar-refractivity contribution is 5.83. The predicted molar refractivity (Wildman–Crippen MR) is 62.6 cm³/mol. The van der Waals surface area contributed by atoms with Crippen LogP contribution >= 0.6 is 0 Å². The number of carbonyl (C=O) groups is 1. The van der Waals surface area contributed by atoms with Crippen LogP contribution in [0.15, 0.2) is 22.9 Å². The van der Waals surface area contributed by atoms with Crippen LogP contribution in [0.25, 0.3) is 0 Å². The average molecular weight is 236 g/mol. The van der Waals surface area contributed by atoms with Gasteiger partial charge < -0.3 is 9.26 Å². The molecule has 5 nitrogen and oxygen atoms in total. The van der Waals surface area contributed by atoms with Gasteiger partial charge in [-0.2, -0.15) is 0 Å². The van der Waals surface area contributed by atoms with Crippen molar-refractivity contribution >= 4 is 12.0 Å². The van der Waals surface area contributed by atoms with E-state index in [1.54, 1.807) is 13.0 Å². The molecule has 17 heavy (non-hydrogen) atoms. The molecule has 92 valence electrons. The zero-order valence-corrected chi connectivity index (χ0v) is 9.86. The van der Waals surface area contributed by atoms with Gasteiger partial charge in [-0.3, -0.25) is 5.32 Å². The second kappa shape index (κ2) is 5.03. The maximum absolute atomic E-state index is 11.3. The maximum Gasteiger partial charge on any atom is 0.419 e. The molecule has 0 spiro atoms. The summed E-state index contributed by atoms with van der Waals surface area (Å²) >= 11 is 0. The molecule has 0 bridgehead atoms. The summed E-state index contributed by atoms with van der Waals surface area (Å²) in [5, 5.41) is 6.43. The maximum atomic E-state index is 11.3. The zero-order chi connectivity index (χ0) is 12.3. The summed E-state index contributed by atoms with van der Waals surface area (Å²) in [7, 11) is 0. The summed E-state index contributed by atoms with van der Waals surface area (Å²) in [6, 6.07) is 1.76. The molecule has 1 aromatic rings. The van der Waals surface area contributed by atoms with Crippen LogP contribution in [-0.2, 0) is 4.74 Å². The van der Waals surface area contributed by atoms with E-state index in [0.717, 1.165) is 18.5 Å². The smallest absolute Gasteiger partial charge is 0.416 e. The van der Waals surface area contributed by atoms with Crippen molar-refractivity contribution in [3.8, 4) is 0 Å². The van der Waals surface area contributed by atoms with Gasteiger partial charge in [0.2, 0.25) is 5.88 Å². The molecule has 0 atom stereocenters. The van der Waals surface area contributed by atoms with Crippen LogP contribution in [0.2, 0.25) is 0 Å². The molecule has 1 amide bonds. The van der Waals surface area contributed by atoms with Crippen LogP contribution < -0.4 is 5.32 Å². The molecule has 1 aliphatic carbocycles. The minimum absolute atomic E-state index is 0.318. The number of hydrogen-bond donors (Lipinski definition) is 1. The third-order valence-electron chi connectivity index (χ3n) is 2.79. The molecular weight excluding hydrogens is 220 g/mol. The Labute approximate surface area is 99.8 Å². The normalized spacial score (nSPS) is 15.8. The number of anilines is 1. The highest BCUT2D eigenvalue weighted by atomic mass is 16.6. The van der Waals surface area contributed by atoms with E-state index in [1.165, 1.54) is 12.8 Å². The van der Waals surface area contributed by atoms with Crippen LogP contribution in [0.3, 0.4) is 0 Å². The molecule has 0 aliphatic heterocycles. The van der Waals surface area contributed by atoms with Gasteiger partial charge in [0.1, 0.15) is 0 Å². The zero-order valence-electron chi connectivity index (χ0n) is 9.86. The number of rotatable bonds is 3. The van der Waals surface area contributed by atoms with E-state index in [4.69, 9.17) is 9.26 Å². The molecule has 1 fully saturated rings. The van der Waals surface area contributed by atoms with Gasteiger partial charge in [0.25, 0.3) is 0 Å². The van der Waals surface area contributed by atoms with Gasteiger partial charge in [-0.05, 0) is 19.8 Å². The van der Waals surface area contributed by atoms with Crippen molar-refractivity contribution in [2.75, 3.05) is 5.32 Å². The highest BCUT2D eigenvalue weighted by Gasteiger charge is 2.21. The molecule has 2 rings (SSSR count). The van der Waals surface area contributed by atoms with Crippen molar-refractivity contribution in [2.24, 2.45) is 0 Å². The standard InChI is InChI=1S/C12H16N2O3/c1-8(2)16-12(15)13-11-7-10(14-17-11)9-5-3-4-6-9/h7,9H,1,3-6H2,2H3,(H,13,15). The number of carbonyl (C=O) groups excluding carboxylic acids is 1. The fourth-order valence-electron chi connectivity index (χ4n) is 2.05. The largest absolute Gasteiger partial charge is 0.419 e. The number of ether oxygens (including phenoxy) is 1. The van der Waals surface area contributed by atoms with Gasteiger partial charge in [-0.1, -0.05) is 24.6 Å². The Kier molecular flexibility index (Phi) is 3.46. The SMILES string of the molecule is C=C(C)OC(=O)Nc1cc(C2CCCC2)no1.